The monoisotopic (exact) mass is 733 g/mol. The van der Waals surface area contributed by atoms with E-state index in [0.717, 1.165) is 16.9 Å². The quantitative estimate of drug-likeness (QED) is 0.116. The number of quaternary nitrogens is 1. The molecule has 0 saturated carbocycles. The minimum absolute atomic E-state index is 0.0425. The third-order valence-corrected chi connectivity index (χ3v) is 10.6. The van der Waals surface area contributed by atoms with Gasteiger partial charge in [-0.25, -0.2) is 13.2 Å². The van der Waals surface area contributed by atoms with Crippen molar-refractivity contribution in [3.63, 3.8) is 0 Å². The van der Waals surface area contributed by atoms with E-state index in [1.165, 1.54) is 39.6 Å². The number of rotatable bonds is 11. The Balaban J connectivity index is 0.00000144. The second kappa shape index (κ2) is 16.1. The topological polar surface area (TPSA) is 132 Å². The molecule has 1 unspecified atom stereocenters. The second-order valence-electron chi connectivity index (χ2n) is 15.0. The molecule has 3 aliphatic rings. The number of nitrogens with one attached hydrogen (secondary N) is 1. The van der Waals surface area contributed by atoms with Gasteiger partial charge in [0.25, 0.3) is 11.8 Å². The Hall–Kier alpha value is -4.39. The van der Waals surface area contributed by atoms with Crippen molar-refractivity contribution < 1.29 is 41.7 Å². The largest absolute Gasteiger partial charge is 0.744 e. The van der Waals surface area contributed by atoms with Gasteiger partial charge in [0.15, 0.2) is 5.71 Å². The van der Waals surface area contributed by atoms with Gasteiger partial charge in [-0.15, -0.1) is 5.06 Å². The Bertz CT molecular complexity index is 1940. The van der Waals surface area contributed by atoms with Gasteiger partial charge < -0.3 is 19.2 Å². The molecule has 12 heteroatoms. The van der Waals surface area contributed by atoms with Crippen molar-refractivity contribution in [2.45, 2.75) is 88.4 Å². The summed E-state index contributed by atoms with van der Waals surface area (Å²) in [6.45, 7) is 8.60. The van der Waals surface area contributed by atoms with Crippen LogP contribution in [0.5, 0.6) is 0 Å². The lowest BCUT2D eigenvalue weighted by Gasteiger charge is -2.29. The number of hydrogen-bond donors (Lipinski definition) is 1. The van der Waals surface area contributed by atoms with Crippen LogP contribution in [0.3, 0.4) is 0 Å². The van der Waals surface area contributed by atoms with Crippen LogP contribution in [-0.2, 0) is 40.2 Å². The van der Waals surface area contributed by atoms with Gasteiger partial charge in [0.2, 0.25) is 5.69 Å². The molecule has 280 valence electrons. The minimum atomic E-state index is -4.66. The molecule has 5 rings (SSSR count). The Morgan fingerprint density at radius 1 is 0.962 bits per heavy atom. The van der Waals surface area contributed by atoms with E-state index in [9.17, 15) is 27.4 Å². The van der Waals surface area contributed by atoms with E-state index in [1.807, 2.05) is 43.2 Å². The Morgan fingerprint density at radius 2 is 1.62 bits per heavy atom. The van der Waals surface area contributed by atoms with E-state index < -0.39 is 33.3 Å². The lowest BCUT2D eigenvalue weighted by atomic mass is 9.77. The average molecular weight is 734 g/mol. The lowest BCUT2D eigenvalue weighted by molar-refractivity contribution is -0.836. The van der Waals surface area contributed by atoms with E-state index in [4.69, 9.17) is 4.84 Å². The molecule has 1 fully saturated rings. The summed E-state index contributed by atoms with van der Waals surface area (Å²) in [6.07, 6.45) is 12.7. The van der Waals surface area contributed by atoms with Crippen LogP contribution >= 0.6 is 0 Å². The van der Waals surface area contributed by atoms with Crippen LogP contribution in [0, 0.1) is 6.92 Å². The fourth-order valence-electron chi connectivity index (χ4n) is 7.14. The van der Waals surface area contributed by atoms with Crippen LogP contribution in [0.2, 0.25) is 0 Å². The molecule has 1 saturated heterocycles. The van der Waals surface area contributed by atoms with Crippen molar-refractivity contribution in [1.82, 2.24) is 5.06 Å². The number of hydrogen-bond acceptors (Lipinski definition) is 8. The van der Waals surface area contributed by atoms with Crippen LogP contribution < -0.4 is 9.80 Å². The summed E-state index contributed by atoms with van der Waals surface area (Å²) < 4.78 is 38.1. The number of anilines is 1. The summed E-state index contributed by atoms with van der Waals surface area (Å²) in [6, 6.07) is 11.0. The Kier molecular flexibility index (Phi) is 12.5. The predicted molar refractivity (Wildman–Crippen MR) is 201 cm³/mol. The number of benzene rings is 2. The van der Waals surface area contributed by atoms with Crippen LogP contribution in [0.4, 0.5) is 11.4 Å². The third-order valence-electron chi connectivity index (χ3n) is 9.81. The molecule has 1 atom stereocenters. The number of carbonyl (C=O) groups is 3. The van der Waals surface area contributed by atoms with Crippen molar-refractivity contribution in [3.05, 3.63) is 89.2 Å². The van der Waals surface area contributed by atoms with Gasteiger partial charge in [-0.3, -0.25) is 9.59 Å². The number of fused-ring (bicyclic) bond motifs is 2. The molecule has 1 N–H and O–H groups in total. The summed E-state index contributed by atoms with van der Waals surface area (Å²) in [5.41, 5.74) is 6.66. The first kappa shape index (κ1) is 40.4. The molecular formula is C40H53N4O7S+. The summed E-state index contributed by atoms with van der Waals surface area (Å²) in [5, 5.41) is 0.557. The maximum Gasteiger partial charge on any atom is 0.333 e. The number of aryl methyl sites for hydroxylation is 1. The Labute approximate surface area is 308 Å². The maximum atomic E-state index is 12.3. The molecule has 3 aliphatic heterocycles. The molecule has 0 aromatic heterocycles. The van der Waals surface area contributed by atoms with Gasteiger partial charge >= 0.3 is 5.97 Å². The molecule has 0 spiro atoms. The van der Waals surface area contributed by atoms with E-state index in [2.05, 4.69) is 77.8 Å². The third kappa shape index (κ3) is 8.79. The molecule has 11 nitrogen and oxygen atoms in total. The van der Waals surface area contributed by atoms with Crippen molar-refractivity contribution >= 4 is 45.0 Å². The van der Waals surface area contributed by atoms with Crippen molar-refractivity contribution in [2.24, 2.45) is 0 Å². The number of likely N-dealkylation sites (N-methyl/N-ethyl adjacent to an activating group) is 1. The van der Waals surface area contributed by atoms with E-state index in [-0.39, 0.29) is 29.6 Å². The zero-order valence-corrected chi connectivity index (χ0v) is 32.7. The molecule has 2 aromatic rings. The number of unbranched alkanes of at least 4 members (excludes halogenated alkanes) is 2. The molecule has 0 aliphatic carbocycles. The van der Waals surface area contributed by atoms with Gasteiger partial charge in [0.1, 0.15) is 17.2 Å². The predicted octanol–water partition coefficient (Wildman–Crippen LogP) is 4.63. The fourth-order valence-corrected chi connectivity index (χ4v) is 7.64. The van der Waals surface area contributed by atoms with Crippen LogP contribution in [0.25, 0.3) is 0 Å². The highest BCUT2D eigenvalue weighted by atomic mass is 32.2. The van der Waals surface area contributed by atoms with Crippen molar-refractivity contribution in [3.8, 4) is 0 Å². The van der Waals surface area contributed by atoms with Crippen LogP contribution in [0.15, 0.2) is 77.4 Å². The number of imide groups is 1. The van der Waals surface area contributed by atoms with Gasteiger partial charge in [0.05, 0.1) is 31.5 Å². The van der Waals surface area contributed by atoms with Gasteiger partial charge in [-0.05, 0) is 76.4 Å². The smallest absolute Gasteiger partial charge is 0.333 e. The highest BCUT2D eigenvalue weighted by Crippen LogP contribution is 2.50. The summed E-state index contributed by atoms with van der Waals surface area (Å²) >= 11 is 0. The molecule has 3 heterocycles. The van der Waals surface area contributed by atoms with Crippen LogP contribution in [-0.4, -0.2) is 81.3 Å². The average Bonchev–Trinajstić information content (AvgIpc) is 3.55. The summed E-state index contributed by atoms with van der Waals surface area (Å²) in [4.78, 5) is 43.9. The second-order valence-corrected chi connectivity index (χ2v) is 16.4. The molecular weight excluding hydrogens is 681 g/mol. The SMILES string of the molecule is C[NH+](C)C.Cc1ccc2c(c1)C(C)(C)C(/C=C/C=C/C=C1\N(C)c3ccc(S(=O)(=O)[O-])cc3C1(C)CCCCCC(=O)ON1C(=O)CCC1=O)=[N+]2C. The van der Waals surface area contributed by atoms with E-state index in [0.29, 0.717) is 30.7 Å². The first-order chi connectivity index (χ1) is 24.3. The maximum absolute atomic E-state index is 12.3. The summed E-state index contributed by atoms with van der Waals surface area (Å²) in [5.74, 6) is -1.66. The van der Waals surface area contributed by atoms with E-state index in [1.54, 1.807) is 6.07 Å². The van der Waals surface area contributed by atoms with E-state index >= 15 is 0 Å². The highest BCUT2D eigenvalue weighted by Gasteiger charge is 2.43. The van der Waals surface area contributed by atoms with Gasteiger partial charge in [-0.2, -0.15) is 4.58 Å². The summed E-state index contributed by atoms with van der Waals surface area (Å²) in [7, 11) is 5.60. The number of nitrogens with zero attached hydrogens (tertiary/aromatic N) is 3. The highest BCUT2D eigenvalue weighted by molar-refractivity contribution is 7.85. The van der Waals surface area contributed by atoms with Gasteiger partial charge in [0, 0.05) is 60.8 Å². The fraction of sp³-hybridized carbons (Fsp3) is 0.450. The van der Waals surface area contributed by atoms with Crippen molar-refractivity contribution in [1.29, 1.82) is 0 Å². The number of allylic oxidation sites excluding steroid dienone is 6. The molecule has 52 heavy (non-hydrogen) atoms. The zero-order chi connectivity index (χ0) is 38.6. The normalized spacial score (nSPS) is 20.4. The number of amides is 2. The first-order valence-corrected chi connectivity index (χ1v) is 19.1. The molecule has 2 amide bonds. The first-order valence-electron chi connectivity index (χ1n) is 17.7. The van der Waals surface area contributed by atoms with Gasteiger partial charge in [-0.1, -0.05) is 42.7 Å². The Morgan fingerprint density at radius 3 is 2.25 bits per heavy atom. The molecule has 0 bridgehead atoms. The molecule has 2 aromatic carbocycles. The standard InChI is InChI=1S/C37H43N3O7S.C3H9N/c1-25-16-18-29-27(23-25)36(2,3)31(38(29)5)13-9-7-10-14-32-37(4,28-24-26(48(44,45)46)17-19-30(28)39(32)6)22-12-8-11-15-35(43)47-40-33(41)20-21-34(40)42;1-4(2)3/h7,9-10,13-14,16-19,23-24H,8,11-12,15,20-22H2,1-6H3;1-3H3/p+1. The van der Waals surface area contributed by atoms with Crippen molar-refractivity contribution in [2.75, 3.05) is 40.1 Å². The zero-order valence-electron chi connectivity index (χ0n) is 31.9. The number of carbonyl (C=O) groups excluding carboxylic acids is 3. The lowest BCUT2D eigenvalue weighted by Crippen LogP contribution is -3.02. The number of hydroxylamine groups is 2. The minimum Gasteiger partial charge on any atom is -0.744 e. The van der Waals surface area contributed by atoms with Crippen LogP contribution in [0.1, 0.15) is 82.4 Å². The molecule has 0 radical (unpaired) electrons.